The van der Waals surface area contributed by atoms with Gasteiger partial charge in [-0.25, -0.2) is 4.39 Å². The van der Waals surface area contributed by atoms with Crippen LogP contribution in [0.3, 0.4) is 0 Å². The summed E-state index contributed by atoms with van der Waals surface area (Å²) in [6.07, 6.45) is 1.47. The van der Waals surface area contributed by atoms with Crippen molar-refractivity contribution in [2.75, 3.05) is 0 Å². The Labute approximate surface area is 226 Å². The first kappa shape index (κ1) is 23.4. The van der Waals surface area contributed by atoms with Gasteiger partial charge in [-0.1, -0.05) is 62.4 Å². The average molecular weight is 510 g/mol. The number of hydrogen-bond acceptors (Lipinski definition) is 2. The lowest BCUT2D eigenvalue weighted by atomic mass is 9.82. The number of fused-ring (bicyclic) bond motifs is 6. The van der Waals surface area contributed by atoms with Crippen molar-refractivity contribution in [3.8, 4) is 39.6 Å². The fourth-order valence-corrected chi connectivity index (χ4v) is 6.41. The normalized spacial score (nSPS) is 13.4. The third-order valence-corrected chi connectivity index (χ3v) is 8.36. The minimum Gasteiger partial charge on any atom is -0.454 e. The maximum atomic E-state index is 13.9. The number of nitrogens with zero attached hydrogens (tertiary/aromatic N) is 2. The molecular formula is C35H26FN2O+. The Morgan fingerprint density at radius 2 is 1.54 bits per heavy atom. The second kappa shape index (κ2) is 8.12. The number of furan rings is 1. The minimum atomic E-state index is -0.294. The molecule has 0 N–H and O–H groups in total. The van der Waals surface area contributed by atoms with E-state index in [9.17, 15) is 9.65 Å². The van der Waals surface area contributed by atoms with Gasteiger partial charge < -0.3 is 4.42 Å². The monoisotopic (exact) mass is 509 g/mol. The molecule has 0 aliphatic heterocycles. The Balaban J connectivity index is 1.53. The molecule has 7 rings (SSSR count). The van der Waals surface area contributed by atoms with Crippen LogP contribution in [0.15, 0.2) is 89.5 Å². The summed E-state index contributed by atoms with van der Waals surface area (Å²) in [4.78, 5) is 0. The molecule has 6 aromatic rings. The zero-order valence-electron chi connectivity index (χ0n) is 22.3. The SMILES string of the molecule is Cc1ccc2c(oc3c(-c4ccc5c(c4)-c4ccccc4C5(C)C)c(C#N)ccc32)c1-c1ccc(F)c[n+]1C. The van der Waals surface area contributed by atoms with Crippen LogP contribution in [0.2, 0.25) is 0 Å². The lowest BCUT2D eigenvalue weighted by molar-refractivity contribution is -0.661. The van der Waals surface area contributed by atoms with E-state index in [4.69, 9.17) is 4.42 Å². The van der Waals surface area contributed by atoms with E-state index in [2.05, 4.69) is 74.5 Å². The van der Waals surface area contributed by atoms with Crippen molar-refractivity contribution in [2.24, 2.45) is 7.05 Å². The topological polar surface area (TPSA) is 40.8 Å². The quantitative estimate of drug-likeness (QED) is 0.220. The van der Waals surface area contributed by atoms with E-state index in [0.29, 0.717) is 11.1 Å². The van der Waals surface area contributed by atoms with Crippen LogP contribution in [0.5, 0.6) is 0 Å². The molecule has 1 aliphatic rings. The van der Waals surface area contributed by atoms with Crippen LogP contribution in [-0.2, 0) is 12.5 Å². The highest BCUT2D eigenvalue weighted by Gasteiger charge is 2.35. The molecule has 0 fully saturated rings. The molecular weight excluding hydrogens is 483 g/mol. The molecule has 39 heavy (non-hydrogen) atoms. The van der Waals surface area contributed by atoms with Crippen LogP contribution in [0.25, 0.3) is 55.4 Å². The molecule has 0 amide bonds. The molecule has 0 bridgehead atoms. The Morgan fingerprint density at radius 1 is 0.821 bits per heavy atom. The van der Waals surface area contributed by atoms with Gasteiger partial charge in [-0.2, -0.15) is 9.83 Å². The average Bonchev–Trinajstić information content (AvgIpc) is 3.41. The zero-order valence-corrected chi connectivity index (χ0v) is 22.3. The molecule has 2 heterocycles. The predicted molar refractivity (Wildman–Crippen MR) is 153 cm³/mol. The van der Waals surface area contributed by atoms with Crippen LogP contribution >= 0.6 is 0 Å². The fourth-order valence-electron chi connectivity index (χ4n) is 6.41. The van der Waals surface area contributed by atoms with Crippen LogP contribution in [0.4, 0.5) is 4.39 Å². The molecule has 0 spiro atoms. The van der Waals surface area contributed by atoms with Crippen LogP contribution in [0, 0.1) is 24.1 Å². The van der Waals surface area contributed by atoms with E-state index in [0.717, 1.165) is 44.3 Å². The van der Waals surface area contributed by atoms with Gasteiger partial charge in [0.05, 0.1) is 17.2 Å². The van der Waals surface area contributed by atoms with E-state index >= 15 is 0 Å². The van der Waals surface area contributed by atoms with Crippen molar-refractivity contribution < 1.29 is 13.4 Å². The van der Waals surface area contributed by atoms with Gasteiger partial charge >= 0.3 is 0 Å². The molecule has 1 aliphatic carbocycles. The highest BCUT2D eigenvalue weighted by atomic mass is 19.1. The van der Waals surface area contributed by atoms with Crippen molar-refractivity contribution in [3.05, 3.63) is 113 Å². The van der Waals surface area contributed by atoms with Gasteiger partial charge in [0.15, 0.2) is 5.82 Å². The largest absolute Gasteiger partial charge is 0.454 e. The first-order valence-corrected chi connectivity index (χ1v) is 13.1. The van der Waals surface area contributed by atoms with Gasteiger partial charge in [-0.3, -0.25) is 0 Å². The van der Waals surface area contributed by atoms with Gasteiger partial charge in [-0.15, -0.1) is 0 Å². The summed E-state index contributed by atoms with van der Waals surface area (Å²) < 4.78 is 22.4. The smallest absolute Gasteiger partial charge is 0.216 e. The number of rotatable bonds is 2. The maximum absolute atomic E-state index is 13.9. The molecule has 0 atom stereocenters. The highest BCUT2D eigenvalue weighted by Crippen LogP contribution is 2.50. The van der Waals surface area contributed by atoms with Crippen LogP contribution in [0.1, 0.15) is 36.1 Å². The first-order valence-electron chi connectivity index (χ1n) is 13.1. The number of pyridine rings is 1. The second-order valence-corrected chi connectivity index (χ2v) is 11.0. The lowest BCUT2D eigenvalue weighted by Gasteiger charge is -2.21. The molecule has 2 aromatic heterocycles. The van der Waals surface area contributed by atoms with E-state index in [1.54, 1.807) is 10.6 Å². The van der Waals surface area contributed by atoms with Gasteiger partial charge in [-0.05, 0) is 64.6 Å². The van der Waals surface area contributed by atoms with Gasteiger partial charge in [0, 0.05) is 27.8 Å². The Bertz CT molecular complexity index is 2040. The Hall–Kier alpha value is -4.75. The van der Waals surface area contributed by atoms with Gasteiger partial charge in [0.1, 0.15) is 18.2 Å². The molecule has 3 nitrogen and oxygen atoms in total. The zero-order chi connectivity index (χ0) is 27.1. The summed E-state index contributed by atoms with van der Waals surface area (Å²) in [6, 6.07) is 28.7. The Kier molecular flexibility index (Phi) is 4.87. The van der Waals surface area contributed by atoms with E-state index in [1.807, 2.05) is 26.1 Å². The molecule has 0 radical (unpaired) electrons. The molecule has 0 saturated heterocycles. The van der Waals surface area contributed by atoms with E-state index < -0.39 is 0 Å². The van der Waals surface area contributed by atoms with Gasteiger partial charge in [0.2, 0.25) is 11.9 Å². The molecule has 188 valence electrons. The third kappa shape index (κ3) is 3.23. The standard InChI is InChI=1S/C35H26FN2O/c1-20-9-13-25-26-14-10-22(18-37)32(34(26)39-33(25)31(20)30-16-12-23(36)19-38(30)4)21-11-15-29-27(17-21)24-7-5-6-8-28(24)35(29,2)3/h5-17,19H,1-4H3/q+1. The van der Waals surface area contributed by atoms with E-state index in [-0.39, 0.29) is 11.2 Å². The summed E-state index contributed by atoms with van der Waals surface area (Å²) in [5.74, 6) is -0.294. The number of aromatic nitrogens is 1. The Morgan fingerprint density at radius 3 is 2.31 bits per heavy atom. The summed E-state index contributed by atoms with van der Waals surface area (Å²) in [6.45, 7) is 6.56. The van der Waals surface area contributed by atoms with Crippen molar-refractivity contribution in [3.63, 3.8) is 0 Å². The first-order chi connectivity index (χ1) is 18.8. The van der Waals surface area contributed by atoms with Crippen molar-refractivity contribution in [1.29, 1.82) is 5.26 Å². The van der Waals surface area contributed by atoms with E-state index in [1.165, 1.54) is 34.5 Å². The molecule has 4 aromatic carbocycles. The number of nitriles is 1. The molecule has 0 saturated carbocycles. The minimum absolute atomic E-state index is 0.0923. The summed E-state index contributed by atoms with van der Waals surface area (Å²) in [5.41, 5.74) is 11.5. The summed E-state index contributed by atoms with van der Waals surface area (Å²) in [5, 5.41) is 12.1. The lowest BCUT2D eigenvalue weighted by Crippen LogP contribution is -2.31. The van der Waals surface area contributed by atoms with Crippen molar-refractivity contribution in [2.45, 2.75) is 26.2 Å². The second-order valence-electron chi connectivity index (χ2n) is 11.0. The number of aryl methyl sites for hydroxylation is 2. The highest BCUT2D eigenvalue weighted by molar-refractivity contribution is 6.14. The number of halogens is 1. The van der Waals surface area contributed by atoms with Crippen molar-refractivity contribution in [1.82, 2.24) is 0 Å². The van der Waals surface area contributed by atoms with Crippen molar-refractivity contribution >= 4 is 21.9 Å². The fraction of sp³-hybridized carbons (Fsp3) is 0.143. The third-order valence-electron chi connectivity index (χ3n) is 8.36. The van der Waals surface area contributed by atoms with Crippen LogP contribution in [-0.4, -0.2) is 0 Å². The van der Waals surface area contributed by atoms with Crippen LogP contribution < -0.4 is 4.57 Å². The van der Waals surface area contributed by atoms with Gasteiger partial charge in [0.25, 0.3) is 0 Å². The number of benzene rings is 4. The summed E-state index contributed by atoms with van der Waals surface area (Å²) >= 11 is 0. The molecule has 0 unspecified atom stereocenters. The predicted octanol–water partition coefficient (Wildman–Crippen LogP) is 8.37. The summed E-state index contributed by atoms with van der Waals surface area (Å²) in [7, 11) is 1.84. The number of hydrogen-bond donors (Lipinski definition) is 0. The maximum Gasteiger partial charge on any atom is 0.216 e. The molecule has 4 heteroatoms.